The van der Waals surface area contributed by atoms with E-state index in [0.717, 1.165) is 5.56 Å². The van der Waals surface area contributed by atoms with Gasteiger partial charge in [-0.15, -0.1) is 0 Å². The van der Waals surface area contributed by atoms with Crippen molar-refractivity contribution in [2.24, 2.45) is 0 Å². The maximum atomic E-state index is 10.7. The molecule has 0 aromatic heterocycles. The topological polar surface area (TPSA) is 87.4 Å². The first-order chi connectivity index (χ1) is 10.6. The monoisotopic (exact) mass is 317 g/mol. The molecule has 6 nitrogen and oxygen atoms in total. The third kappa shape index (κ3) is 4.42. The van der Waals surface area contributed by atoms with Gasteiger partial charge in [0.1, 0.15) is 5.75 Å². The second-order valence-corrected chi connectivity index (χ2v) is 5.00. The molecule has 2 aromatic rings. The summed E-state index contributed by atoms with van der Waals surface area (Å²) in [4.78, 5) is 10.2. The zero-order chi connectivity index (χ0) is 15.9. The third-order valence-electron chi connectivity index (χ3n) is 3.01. The van der Waals surface area contributed by atoms with Crippen molar-refractivity contribution in [1.82, 2.24) is 10.6 Å². The summed E-state index contributed by atoms with van der Waals surface area (Å²) in [6.45, 7) is 0.779. The molecule has 0 aliphatic rings. The summed E-state index contributed by atoms with van der Waals surface area (Å²) < 4.78 is 0. The zero-order valence-electron chi connectivity index (χ0n) is 11.7. The third-order valence-corrected chi connectivity index (χ3v) is 3.30. The molecule has 0 fully saturated rings. The second kappa shape index (κ2) is 7.37. The predicted octanol–water partition coefficient (Wildman–Crippen LogP) is 2.46. The molecule has 0 amide bonds. The fraction of sp³-hybridized carbons (Fsp3) is 0.133. The minimum atomic E-state index is -0.505. The number of thiocarbonyl (C=S) groups is 1. The Kier molecular flexibility index (Phi) is 5.26. The lowest BCUT2D eigenvalue weighted by Crippen LogP contribution is -2.34. The van der Waals surface area contributed by atoms with Gasteiger partial charge in [-0.2, -0.15) is 0 Å². The predicted molar refractivity (Wildman–Crippen MR) is 87.5 cm³/mol. The zero-order valence-corrected chi connectivity index (χ0v) is 12.5. The summed E-state index contributed by atoms with van der Waals surface area (Å²) >= 11 is 5.14. The fourth-order valence-electron chi connectivity index (χ4n) is 1.84. The molecular formula is C15H15N3O3S. The van der Waals surface area contributed by atoms with E-state index >= 15 is 0 Å². The maximum absolute atomic E-state index is 10.7. The molecule has 0 aliphatic carbocycles. The molecule has 22 heavy (non-hydrogen) atoms. The molecule has 2 rings (SSSR count). The minimum absolute atomic E-state index is 0.0102. The average Bonchev–Trinajstić information content (AvgIpc) is 2.53. The summed E-state index contributed by atoms with van der Waals surface area (Å²) in [5.74, 6) is -0.0102. The Morgan fingerprint density at radius 3 is 2.50 bits per heavy atom. The lowest BCUT2D eigenvalue weighted by molar-refractivity contribution is -0.384. The first-order valence-corrected chi connectivity index (χ1v) is 6.99. The molecule has 0 heterocycles. The van der Waals surface area contributed by atoms with E-state index in [4.69, 9.17) is 12.2 Å². The second-order valence-electron chi connectivity index (χ2n) is 4.59. The smallest absolute Gasteiger partial charge is 0.270 e. The van der Waals surface area contributed by atoms with Crippen LogP contribution in [0.5, 0.6) is 5.75 Å². The number of nitro groups is 1. The van der Waals surface area contributed by atoms with Crippen LogP contribution < -0.4 is 10.6 Å². The van der Waals surface area contributed by atoms with Gasteiger partial charge in [0, 0.05) is 30.8 Å². The highest BCUT2D eigenvalue weighted by molar-refractivity contribution is 7.80. The number of non-ortho nitro benzene ring substituents is 1. The van der Waals surface area contributed by atoms with Gasteiger partial charge < -0.3 is 15.7 Å². The van der Waals surface area contributed by atoms with Crippen molar-refractivity contribution in [2.75, 3.05) is 0 Å². The number of benzene rings is 2. The van der Waals surface area contributed by atoms with Crippen LogP contribution in [-0.2, 0) is 13.1 Å². The van der Waals surface area contributed by atoms with Crippen molar-refractivity contribution < 1.29 is 10.0 Å². The van der Waals surface area contributed by atoms with Crippen molar-refractivity contribution >= 4 is 23.0 Å². The summed E-state index contributed by atoms with van der Waals surface area (Å²) in [5.41, 5.74) is 1.43. The van der Waals surface area contributed by atoms with Crippen LogP contribution >= 0.6 is 12.2 Å². The van der Waals surface area contributed by atoms with Gasteiger partial charge in [0.15, 0.2) is 5.11 Å². The highest BCUT2D eigenvalue weighted by Crippen LogP contribution is 2.22. The number of nitrogens with one attached hydrogen (secondary N) is 2. The van der Waals surface area contributed by atoms with Gasteiger partial charge in [0.2, 0.25) is 0 Å². The molecule has 0 unspecified atom stereocenters. The summed E-state index contributed by atoms with van der Waals surface area (Å²) in [6.07, 6.45) is 0. The summed E-state index contributed by atoms with van der Waals surface area (Å²) in [6, 6.07) is 13.6. The number of aromatic hydroxyl groups is 1. The van der Waals surface area contributed by atoms with Gasteiger partial charge in [-0.25, -0.2) is 0 Å². The van der Waals surface area contributed by atoms with Gasteiger partial charge in [0.25, 0.3) is 5.69 Å². The summed E-state index contributed by atoms with van der Waals surface area (Å²) in [5, 5.41) is 26.8. The van der Waals surface area contributed by atoms with Crippen LogP contribution in [0.2, 0.25) is 0 Å². The molecular weight excluding hydrogens is 302 g/mol. The average molecular weight is 317 g/mol. The van der Waals surface area contributed by atoms with Crippen LogP contribution in [0.25, 0.3) is 0 Å². The van der Waals surface area contributed by atoms with Crippen LogP contribution in [-0.4, -0.2) is 15.1 Å². The first-order valence-electron chi connectivity index (χ1n) is 6.58. The first kappa shape index (κ1) is 15.7. The van der Waals surface area contributed by atoms with Crippen molar-refractivity contribution in [1.29, 1.82) is 0 Å². The normalized spacial score (nSPS) is 10.0. The van der Waals surface area contributed by atoms with Gasteiger partial charge in [0.05, 0.1) is 4.92 Å². The number of phenolic OH excluding ortho intramolecular Hbond substituents is 1. The Morgan fingerprint density at radius 2 is 1.82 bits per heavy atom. The standard InChI is InChI=1S/C15H15N3O3S/c19-14-7-6-13(18(20)21)8-12(14)10-17-15(22)16-9-11-4-2-1-3-5-11/h1-8,19H,9-10H2,(H2,16,17,22). The van der Waals surface area contributed by atoms with Crippen molar-refractivity contribution in [3.05, 3.63) is 69.8 Å². The number of nitrogens with zero attached hydrogens (tertiary/aromatic N) is 1. The number of phenols is 1. The number of hydrogen-bond donors (Lipinski definition) is 3. The molecule has 7 heteroatoms. The maximum Gasteiger partial charge on any atom is 0.270 e. The highest BCUT2D eigenvalue weighted by atomic mass is 32.1. The molecule has 0 atom stereocenters. The van der Waals surface area contributed by atoms with E-state index in [1.165, 1.54) is 18.2 Å². The Morgan fingerprint density at radius 1 is 1.14 bits per heavy atom. The highest BCUT2D eigenvalue weighted by Gasteiger charge is 2.10. The van der Waals surface area contributed by atoms with E-state index in [-0.39, 0.29) is 18.0 Å². The Bertz CT molecular complexity index is 677. The van der Waals surface area contributed by atoms with E-state index in [0.29, 0.717) is 17.2 Å². The molecule has 0 aliphatic heterocycles. The fourth-order valence-corrected chi connectivity index (χ4v) is 1.99. The van der Waals surface area contributed by atoms with E-state index < -0.39 is 4.92 Å². The Labute approximate surface area is 132 Å². The van der Waals surface area contributed by atoms with Crippen LogP contribution in [0.1, 0.15) is 11.1 Å². The molecule has 0 radical (unpaired) electrons. The van der Waals surface area contributed by atoms with Gasteiger partial charge >= 0.3 is 0 Å². The number of rotatable bonds is 5. The van der Waals surface area contributed by atoms with Crippen molar-refractivity contribution in [2.45, 2.75) is 13.1 Å². The molecule has 0 spiro atoms. The Balaban J connectivity index is 1.88. The quantitative estimate of drug-likeness (QED) is 0.446. The van der Waals surface area contributed by atoms with E-state index in [9.17, 15) is 15.2 Å². The van der Waals surface area contributed by atoms with Crippen LogP contribution in [0.4, 0.5) is 5.69 Å². The van der Waals surface area contributed by atoms with Crippen LogP contribution in [0, 0.1) is 10.1 Å². The molecule has 114 valence electrons. The van der Waals surface area contributed by atoms with Crippen molar-refractivity contribution in [3.8, 4) is 5.75 Å². The van der Waals surface area contributed by atoms with E-state index in [2.05, 4.69) is 10.6 Å². The molecule has 0 saturated carbocycles. The largest absolute Gasteiger partial charge is 0.508 e. The number of nitro benzene ring substituents is 1. The summed E-state index contributed by atoms with van der Waals surface area (Å²) in [7, 11) is 0. The van der Waals surface area contributed by atoms with Crippen LogP contribution in [0.15, 0.2) is 48.5 Å². The Hall–Kier alpha value is -2.67. The number of hydrogen-bond acceptors (Lipinski definition) is 4. The van der Waals surface area contributed by atoms with Crippen molar-refractivity contribution in [3.63, 3.8) is 0 Å². The molecule has 0 saturated heterocycles. The van der Waals surface area contributed by atoms with E-state index in [1.807, 2.05) is 30.3 Å². The molecule has 3 N–H and O–H groups in total. The lowest BCUT2D eigenvalue weighted by atomic mass is 10.2. The van der Waals surface area contributed by atoms with Crippen LogP contribution in [0.3, 0.4) is 0 Å². The van der Waals surface area contributed by atoms with Gasteiger partial charge in [-0.05, 0) is 23.8 Å². The van der Waals surface area contributed by atoms with Gasteiger partial charge in [-0.3, -0.25) is 10.1 Å². The van der Waals surface area contributed by atoms with E-state index in [1.54, 1.807) is 0 Å². The lowest BCUT2D eigenvalue weighted by Gasteiger charge is -2.11. The minimum Gasteiger partial charge on any atom is -0.508 e. The molecule has 0 bridgehead atoms. The molecule has 2 aromatic carbocycles. The SMILES string of the molecule is O=[N+]([O-])c1ccc(O)c(CNC(=S)NCc2ccccc2)c1. The van der Waals surface area contributed by atoms with Gasteiger partial charge in [-0.1, -0.05) is 30.3 Å².